The van der Waals surface area contributed by atoms with Gasteiger partial charge in [-0.1, -0.05) is 12.1 Å². The van der Waals surface area contributed by atoms with E-state index in [2.05, 4.69) is 0 Å². The SMILES string of the molecule is O=C(OC[C@@H](O)[C@@H](O)[C@@H](O)[C@@H](O)CO)c1ccccc1O. The van der Waals surface area contributed by atoms with Crippen LogP contribution in [0.15, 0.2) is 24.3 Å². The van der Waals surface area contributed by atoms with Crippen molar-refractivity contribution in [1.29, 1.82) is 0 Å². The number of hydrogen-bond acceptors (Lipinski definition) is 8. The van der Waals surface area contributed by atoms with Gasteiger partial charge in [0.05, 0.1) is 6.61 Å². The van der Waals surface area contributed by atoms with E-state index in [0.717, 1.165) is 0 Å². The Hall–Kier alpha value is -1.71. The Kier molecular flexibility index (Phi) is 6.53. The van der Waals surface area contributed by atoms with Crippen LogP contribution in [-0.4, -0.2) is 74.2 Å². The first-order chi connectivity index (χ1) is 9.88. The van der Waals surface area contributed by atoms with Crippen LogP contribution in [0.3, 0.4) is 0 Å². The minimum atomic E-state index is -1.82. The van der Waals surface area contributed by atoms with Crippen LogP contribution in [0.2, 0.25) is 0 Å². The van der Waals surface area contributed by atoms with E-state index in [1.165, 1.54) is 24.3 Å². The Morgan fingerprint density at radius 1 is 1.05 bits per heavy atom. The Morgan fingerprint density at radius 3 is 2.19 bits per heavy atom. The summed E-state index contributed by atoms with van der Waals surface area (Å²) in [7, 11) is 0. The molecule has 1 rings (SSSR count). The maximum absolute atomic E-state index is 11.6. The van der Waals surface area contributed by atoms with Crippen LogP contribution in [0.25, 0.3) is 0 Å². The van der Waals surface area contributed by atoms with Crippen molar-refractivity contribution in [3.63, 3.8) is 0 Å². The van der Waals surface area contributed by atoms with Crippen molar-refractivity contribution in [2.45, 2.75) is 24.4 Å². The molecule has 0 amide bonds. The van der Waals surface area contributed by atoms with Crippen molar-refractivity contribution in [1.82, 2.24) is 0 Å². The Morgan fingerprint density at radius 2 is 1.62 bits per heavy atom. The lowest BCUT2D eigenvalue weighted by molar-refractivity contribution is -0.124. The fourth-order valence-electron chi connectivity index (χ4n) is 1.55. The predicted molar refractivity (Wildman–Crippen MR) is 69.5 cm³/mol. The number of rotatable bonds is 7. The van der Waals surface area contributed by atoms with E-state index >= 15 is 0 Å². The molecule has 21 heavy (non-hydrogen) atoms. The molecule has 6 N–H and O–H groups in total. The lowest BCUT2D eigenvalue weighted by atomic mass is 10.0. The van der Waals surface area contributed by atoms with Gasteiger partial charge in [0.15, 0.2) is 0 Å². The number of benzene rings is 1. The number of aliphatic hydroxyl groups excluding tert-OH is 5. The van der Waals surface area contributed by atoms with Gasteiger partial charge >= 0.3 is 5.97 Å². The number of phenols is 1. The molecular formula is C13H18O8. The summed E-state index contributed by atoms with van der Waals surface area (Å²) >= 11 is 0. The van der Waals surface area contributed by atoms with Gasteiger partial charge in [-0.05, 0) is 12.1 Å². The summed E-state index contributed by atoms with van der Waals surface area (Å²) in [5.41, 5.74) is -0.116. The van der Waals surface area contributed by atoms with Crippen LogP contribution in [0.4, 0.5) is 0 Å². The number of carbonyl (C=O) groups excluding carboxylic acids is 1. The molecule has 0 heterocycles. The van der Waals surface area contributed by atoms with E-state index in [4.69, 9.17) is 14.9 Å². The van der Waals surface area contributed by atoms with Gasteiger partial charge in [-0.25, -0.2) is 4.79 Å². The van der Waals surface area contributed by atoms with Crippen molar-refractivity contribution in [3.8, 4) is 5.75 Å². The van der Waals surface area contributed by atoms with E-state index < -0.39 is 43.6 Å². The van der Waals surface area contributed by atoms with E-state index in [-0.39, 0.29) is 11.3 Å². The third kappa shape index (κ3) is 4.66. The van der Waals surface area contributed by atoms with Gasteiger partial charge in [0.2, 0.25) is 0 Å². The Balaban J connectivity index is 2.55. The van der Waals surface area contributed by atoms with Crippen LogP contribution >= 0.6 is 0 Å². The van der Waals surface area contributed by atoms with Gasteiger partial charge in [0, 0.05) is 0 Å². The number of carbonyl (C=O) groups is 1. The first kappa shape index (κ1) is 17.3. The molecule has 118 valence electrons. The summed E-state index contributed by atoms with van der Waals surface area (Å²) in [6.45, 7) is -1.47. The average Bonchev–Trinajstić information content (AvgIpc) is 2.50. The van der Waals surface area contributed by atoms with Crippen LogP contribution < -0.4 is 0 Å². The number of aromatic hydroxyl groups is 1. The first-order valence-electron chi connectivity index (χ1n) is 6.16. The smallest absolute Gasteiger partial charge is 0.342 e. The number of hydrogen-bond donors (Lipinski definition) is 6. The highest BCUT2D eigenvalue weighted by Gasteiger charge is 2.30. The normalized spacial score (nSPS) is 16.8. The van der Waals surface area contributed by atoms with Crippen LogP contribution in [0.1, 0.15) is 10.4 Å². The maximum Gasteiger partial charge on any atom is 0.342 e. The molecule has 4 atom stereocenters. The van der Waals surface area contributed by atoms with Gasteiger partial charge in [-0.15, -0.1) is 0 Å². The zero-order valence-electron chi connectivity index (χ0n) is 11.0. The number of ether oxygens (including phenoxy) is 1. The third-order valence-corrected chi connectivity index (χ3v) is 2.83. The summed E-state index contributed by atoms with van der Waals surface area (Å²) in [6, 6.07) is 5.61. The Bertz CT molecular complexity index is 463. The highest BCUT2D eigenvalue weighted by Crippen LogP contribution is 2.17. The minimum Gasteiger partial charge on any atom is -0.507 e. The number of aliphatic hydroxyl groups is 5. The quantitative estimate of drug-likeness (QED) is 0.316. The molecule has 0 aliphatic heterocycles. The van der Waals surface area contributed by atoms with E-state index in [9.17, 15) is 25.2 Å². The lowest BCUT2D eigenvalue weighted by Crippen LogP contribution is -2.47. The third-order valence-electron chi connectivity index (χ3n) is 2.83. The molecule has 0 bridgehead atoms. The summed E-state index contributed by atoms with van der Waals surface area (Å²) in [4.78, 5) is 11.6. The second-order valence-corrected chi connectivity index (χ2v) is 4.41. The monoisotopic (exact) mass is 302 g/mol. The summed E-state index contributed by atoms with van der Waals surface area (Å²) in [6.07, 6.45) is -6.92. The van der Waals surface area contributed by atoms with Crippen molar-refractivity contribution in [2.24, 2.45) is 0 Å². The fraction of sp³-hybridized carbons (Fsp3) is 0.462. The Labute approximate surface area is 120 Å². The van der Waals surface area contributed by atoms with Gasteiger partial charge < -0.3 is 35.4 Å². The zero-order valence-corrected chi connectivity index (χ0v) is 11.0. The molecule has 1 aromatic carbocycles. The second-order valence-electron chi connectivity index (χ2n) is 4.41. The number of phenolic OH excluding ortho intramolecular Hbond substituents is 1. The summed E-state index contributed by atoms with van der Waals surface area (Å²) < 4.78 is 4.69. The van der Waals surface area contributed by atoms with E-state index in [1.807, 2.05) is 0 Å². The van der Waals surface area contributed by atoms with Gasteiger partial charge in [-0.2, -0.15) is 0 Å². The summed E-state index contributed by atoms with van der Waals surface area (Å²) in [5, 5.41) is 55.6. The van der Waals surface area contributed by atoms with Crippen LogP contribution in [-0.2, 0) is 4.74 Å². The molecule has 0 radical (unpaired) electrons. The van der Waals surface area contributed by atoms with Crippen molar-refractivity contribution >= 4 is 5.97 Å². The molecule has 0 saturated carbocycles. The highest BCUT2D eigenvalue weighted by atomic mass is 16.5. The zero-order chi connectivity index (χ0) is 16.0. The van der Waals surface area contributed by atoms with Gasteiger partial charge in [0.1, 0.15) is 42.3 Å². The maximum atomic E-state index is 11.6. The lowest BCUT2D eigenvalue weighted by Gasteiger charge is -2.25. The molecule has 0 saturated heterocycles. The predicted octanol–water partition coefficient (Wildman–Crippen LogP) is -2.02. The fourth-order valence-corrected chi connectivity index (χ4v) is 1.55. The molecule has 0 fully saturated rings. The van der Waals surface area contributed by atoms with Crippen molar-refractivity contribution in [3.05, 3.63) is 29.8 Å². The molecule has 0 aliphatic rings. The van der Waals surface area contributed by atoms with E-state index in [1.54, 1.807) is 0 Å². The molecule has 0 spiro atoms. The number of para-hydroxylation sites is 1. The van der Waals surface area contributed by atoms with Crippen molar-refractivity contribution < 1.29 is 40.2 Å². The molecule has 8 heteroatoms. The van der Waals surface area contributed by atoms with Gasteiger partial charge in [0.25, 0.3) is 0 Å². The van der Waals surface area contributed by atoms with E-state index in [0.29, 0.717) is 0 Å². The second kappa shape index (κ2) is 7.91. The molecule has 8 nitrogen and oxygen atoms in total. The minimum absolute atomic E-state index is 0.116. The van der Waals surface area contributed by atoms with Crippen LogP contribution in [0, 0.1) is 0 Å². The first-order valence-corrected chi connectivity index (χ1v) is 6.16. The largest absolute Gasteiger partial charge is 0.507 e. The molecule has 0 unspecified atom stereocenters. The van der Waals surface area contributed by atoms with Crippen LogP contribution in [0.5, 0.6) is 5.75 Å². The topological polar surface area (TPSA) is 148 Å². The molecule has 0 aliphatic carbocycles. The van der Waals surface area contributed by atoms with Crippen molar-refractivity contribution in [2.75, 3.05) is 13.2 Å². The molecular weight excluding hydrogens is 284 g/mol. The highest BCUT2D eigenvalue weighted by molar-refractivity contribution is 5.92. The molecule has 1 aromatic rings. The molecule has 0 aromatic heterocycles. The van der Waals surface area contributed by atoms with Gasteiger partial charge in [-0.3, -0.25) is 0 Å². The average molecular weight is 302 g/mol. The number of esters is 1. The standard InChI is InChI=1S/C13H18O8/c14-5-9(16)11(18)12(19)10(17)6-21-13(20)7-3-1-2-4-8(7)15/h1-4,9-12,14-19H,5-6H2/t9-,10+,11-,12+/m0/s1. The summed E-state index contributed by atoms with van der Waals surface area (Å²) in [5.74, 6) is -1.22.